The minimum atomic E-state index is -3.32. The van der Waals surface area contributed by atoms with Crippen molar-refractivity contribution in [3.05, 3.63) is 53.1 Å². The molecule has 0 bridgehead atoms. The molecule has 1 aliphatic heterocycles. The van der Waals surface area contributed by atoms with Crippen LogP contribution in [0.3, 0.4) is 0 Å². The lowest BCUT2D eigenvalue weighted by atomic mass is 9.85. The lowest BCUT2D eigenvalue weighted by Gasteiger charge is -2.38. The Kier molecular flexibility index (Phi) is 5.69. The van der Waals surface area contributed by atoms with E-state index < -0.39 is 21.2 Å². The first-order valence-corrected chi connectivity index (χ1v) is 11.5. The molecule has 1 unspecified atom stereocenters. The molecule has 0 saturated carbocycles. The first kappa shape index (κ1) is 21.6. The molecule has 3 rings (SSSR count). The molecule has 0 aliphatic carbocycles. The second-order valence-corrected chi connectivity index (χ2v) is 10.3. The van der Waals surface area contributed by atoms with Gasteiger partial charge in [-0.2, -0.15) is 0 Å². The number of aliphatic hydroxyl groups is 1. The van der Waals surface area contributed by atoms with Crippen molar-refractivity contribution in [3.8, 4) is 11.5 Å². The second kappa shape index (κ2) is 7.63. The fourth-order valence-electron chi connectivity index (χ4n) is 3.59. The molecule has 1 aliphatic rings. The van der Waals surface area contributed by atoms with Gasteiger partial charge in [0.2, 0.25) is 0 Å². The average Bonchev–Trinajstić information content (AvgIpc) is 2.60. The molecule has 2 aromatic rings. The summed E-state index contributed by atoms with van der Waals surface area (Å²) in [5, 5.41) is 14.7. The number of aryl methyl sites for hydroxylation is 2. The van der Waals surface area contributed by atoms with Crippen molar-refractivity contribution < 1.29 is 23.0 Å². The fourth-order valence-corrected chi connectivity index (χ4v) is 4.25. The van der Waals surface area contributed by atoms with E-state index >= 15 is 0 Å². The summed E-state index contributed by atoms with van der Waals surface area (Å²) < 4.78 is 35.4. The van der Waals surface area contributed by atoms with Crippen LogP contribution in [0.4, 0.5) is 0 Å². The van der Waals surface area contributed by atoms with Gasteiger partial charge in [0.15, 0.2) is 15.6 Å². The predicted molar refractivity (Wildman–Crippen MR) is 112 cm³/mol. The third kappa shape index (κ3) is 4.91. The maximum absolute atomic E-state index is 11.8. The van der Waals surface area contributed by atoms with Crippen LogP contribution >= 0.6 is 0 Å². The topological polar surface area (TPSA) is 84.9 Å². The van der Waals surface area contributed by atoms with Crippen LogP contribution in [0.1, 0.15) is 37.0 Å². The molecule has 6 nitrogen and oxygen atoms in total. The highest BCUT2D eigenvalue weighted by molar-refractivity contribution is 7.90. The molecule has 158 valence electrons. The van der Waals surface area contributed by atoms with Crippen molar-refractivity contribution in [3.63, 3.8) is 0 Å². The number of fused-ring (bicyclic) bond motifs is 1. The molecule has 0 radical (unpaired) electrons. The molecule has 0 saturated heterocycles. The number of benzene rings is 2. The molecule has 1 heterocycles. The number of hydrogen-bond acceptors (Lipinski definition) is 6. The molecule has 2 N–H and O–H groups in total. The van der Waals surface area contributed by atoms with Crippen LogP contribution in [0, 0.1) is 13.8 Å². The van der Waals surface area contributed by atoms with Gasteiger partial charge in [-0.1, -0.05) is 17.7 Å². The van der Waals surface area contributed by atoms with Crippen LogP contribution < -0.4 is 14.8 Å². The third-order valence-corrected chi connectivity index (χ3v) is 6.21. The zero-order valence-electron chi connectivity index (χ0n) is 17.6. The SMILES string of the molecule is Cc1cc(C)c2c(c1)C(O)(CNC(C)(C)Oc1cccc(S(C)(=O)=O)c1)CCO2. The molecule has 0 aromatic heterocycles. The highest BCUT2D eigenvalue weighted by atomic mass is 32.2. The van der Waals surface area contributed by atoms with Gasteiger partial charge in [0.1, 0.15) is 17.1 Å². The molecule has 29 heavy (non-hydrogen) atoms. The predicted octanol–water partition coefficient (Wildman–Crippen LogP) is 3.08. The summed E-state index contributed by atoms with van der Waals surface area (Å²) in [6.45, 7) is 8.36. The van der Waals surface area contributed by atoms with Gasteiger partial charge < -0.3 is 14.6 Å². The second-order valence-electron chi connectivity index (χ2n) is 8.30. The van der Waals surface area contributed by atoms with Crippen molar-refractivity contribution in [2.45, 2.75) is 50.3 Å². The maximum Gasteiger partial charge on any atom is 0.175 e. The summed E-state index contributed by atoms with van der Waals surface area (Å²) in [5.41, 5.74) is 0.941. The Morgan fingerprint density at radius 3 is 2.66 bits per heavy atom. The Morgan fingerprint density at radius 1 is 1.24 bits per heavy atom. The first-order valence-electron chi connectivity index (χ1n) is 9.61. The van der Waals surface area contributed by atoms with Crippen molar-refractivity contribution in [2.24, 2.45) is 0 Å². The van der Waals surface area contributed by atoms with Crippen LogP contribution in [-0.2, 0) is 15.4 Å². The lowest BCUT2D eigenvalue weighted by molar-refractivity contribution is -0.0277. The van der Waals surface area contributed by atoms with E-state index in [1.807, 2.05) is 39.8 Å². The lowest BCUT2D eigenvalue weighted by Crippen LogP contribution is -2.52. The van der Waals surface area contributed by atoms with Gasteiger partial charge in [0.25, 0.3) is 0 Å². The number of ether oxygens (including phenoxy) is 2. The van der Waals surface area contributed by atoms with E-state index in [-0.39, 0.29) is 11.4 Å². The van der Waals surface area contributed by atoms with Crippen molar-refractivity contribution in [2.75, 3.05) is 19.4 Å². The van der Waals surface area contributed by atoms with Gasteiger partial charge in [-0.25, -0.2) is 8.42 Å². The number of rotatable bonds is 6. The number of nitrogens with one attached hydrogen (secondary N) is 1. The third-order valence-electron chi connectivity index (χ3n) is 5.10. The summed E-state index contributed by atoms with van der Waals surface area (Å²) in [6.07, 6.45) is 1.63. The molecular weight excluding hydrogens is 390 g/mol. The van der Waals surface area contributed by atoms with E-state index in [0.717, 1.165) is 28.7 Å². The van der Waals surface area contributed by atoms with Gasteiger partial charge in [0, 0.05) is 24.8 Å². The van der Waals surface area contributed by atoms with Gasteiger partial charge in [-0.3, -0.25) is 5.32 Å². The molecule has 1 atom stereocenters. The molecule has 0 spiro atoms. The zero-order valence-corrected chi connectivity index (χ0v) is 18.4. The Labute approximate surface area is 172 Å². The first-order chi connectivity index (χ1) is 13.4. The highest BCUT2D eigenvalue weighted by Crippen LogP contribution is 2.39. The van der Waals surface area contributed by atoms with Gasteiger partial charge >= 0.3 is 0 Å². The largest absolute Gasteiger partial charge is 0.493 e. The van der Waals surface area contributed by atoms with Crippen LogP contribution in [0.25, 0.3) is 0 Å². The van der Waals surface area contributed by atoms with Crippen LogP contribution in [-0.4, -0.2) is 38.7 Å². The summed E-state index contributed by atoms with van der Waals surface area (Å²) in [7, 11) is -3.32. The van der Waals surface area contributed by atoms with Gasteiger partial charge in [-0.15, -0.1) is 0 Å². The molecule has 7 heteroatoms. The molecule has 0 fully saturated rings. The van der Waals surface area contributed by atoms with E-state index in [9.17, 15) is 13.5 Å². The monoisotopic (exact) mass is 419 g/mol. The van der Waals surface area contributed by atoms with Crippen molar-refractivity contribution in [1.82, 2.24) is 5.32 Å². The zero-order chi connectivity index (χ0) is 21.4. The number of sulfone groups is 1. The van der Waals surface area contributed by atoms with E-state index in [1.165, 1.54) is 12.1 Å². The molecule has 2 aromatic carbocycles. The number of hydrogen-bond donors (Lipinski definition) is 2. The van der Waals surface area contributed by atoms with Crippen LogP contribution in [0.5, 0.6) is 11.5 Å². The van der Waals surface area contributed by atoms with E-state index in [4.69, 9.17) is 9.47 Å². The Hall–Kier alpha value is -2.09. The van der Waals surface area contributed by atoms with E-state index in [1.54, 1.807) is 12.1 Å². The summed E-state index contributed by atoms with van der Waals surface area (Å²) >= 11 is 0. The summed E-state index contributed by atoms with van der Waals surface area (Å²) in [5.74, 6) is 1.18. The maximum atomic E-state index is 11.8. The summed E-state index contributed by atoms with van der Waals surface area (Å²) in [4.78, 5) is 0.203. The van der Waals surface area contributed by atoms with Gasteiger partial charge in [-0.05, 0) is 57.5 Å². The molecular formula is C22H29NO5S. The average molecular weight is 420 g/mol. The van der Waals surface area contributed by atoms with E-state index in [0.29, 0.717) is 18.8 Å². The van der Waals surface area contributed by atoms with Crippen LogP contribution in [0.2, 0.25) is 0 Å². The minimum Gasteiger partial charge on any atom is -0.493 e. The fraction of sp³-hybridized carbons (Fsp3) is 0.455. The van der Waals surface area contributed by atoms with Crippen molar-refractivity contribution in [1.29, 1.82) is 0 Å². The molecule has 0 amide bonds. The Balaban J connectivity index is 1.78. The summed E-state index contributed by atoms with van der Waals surface area (Å²) in [6, 6.07) is 10.4. The Morgan fingerprint density at radius 2 is 1.97 bits per heavy atom. The van der Waals surface area contributed by atoms with Crippen molar-refractivity contribution >= 4 is 9.84 Å². The quantitative estimate of drug-likeness (QED) is 0.700. The minimum absolute atomic E-state index is 0.203. The Bertz CT molecular complexity index is 1020. The van der Waals surface area contributed by atoms with Crippen LogP contribution in [0.15, 0.2) is 41.3 Å². The van der Waals surface area contributed by atoms with Gasteiger partial charge in [0.05, 0.1) is 11.5 Å². The van der Waals surface area contributed by atoms with E-state index in [2.05, 4.69) is 5.32 Å². The smallest absolute Gasteiger partial charge is 0.175 e. The highest BCUT2D eigenvalue weighted by Gasteiger charge is 2.38. The standard InChI is InChI=1S/C22H29NO5S/c1-15-11-16(2)20-19(12-15)22(24,9-10-27-20)14-23-21(3,4)28-17-7-6-8-18(13-17)29(5,25)26/h6-8,11-13,23-24H,9-10,14H2,1-5H3. The normalized spacial score (nSPS) is 19.4.